The van der Waals surface area contributed by atoms with Gasteiger partial charge in [0.05, 0.1) is 12.2 Å². The molecule has 1 aliphatic carbocycles. The van der Waals surface area contributed by atoms with Crippen LogP contribution in [-0.2, 0) is 19.4 Å². The fraction of sp³-hybridized carbons (Fsp3) is 0.647. The highest BCUT2D eigenvalue weighted by Gasteiger charge is 2.28. The summed E-state index contributed by atoms with van der Waals surface area (Å²) < 4.78 is 4.58. The van der Waals surface area contributed by atoms with Gasteiger partial charge in [0.25, 0.3) is 0 Å². The second-order valence-electron chi connectivity index (χ2n) is 6.64. The number of likely N-dealkylation sites (tertiary alicyclic amines) is 1. The van der Waals surface area contributed by atoms with E-state index in [1.54, 1.807) is 0 Å². The first-order valence-corrected chi connectivity index (χ1v) is 8.57. The molecule has 0 bridgehead atoms. The van der Waals surface area contributed by atoms with E-state index in [-0.39, 0.29) is 0 Å². The van der Waals surface area contributed by atoms with Crippen LogP contribution in [0.5, 0.6) is 0 Å². The summed E-state index contributed by atoms with van der Waals surface area (Å²) in [6.45, 7) is 6.61. The van der Waals surface area contributed by atoms with E-state index in [0.29, 0.717) is 6.04 Å². The molecule has 0 radical (unpaired) electrons. The maximum atomic E-state index is 4.84. The third-order valence-corrected chi connectivity index (χ3v) is 5.16. The lowest BCUT2D eigenvalue weighted by atomic mass is 10.0. The first-order chi connectivity index (χ1) is 10.8. The Morgan fingerprint density at radius 2 is 2.14 bits per heavy atom. The average Bonchev–Trinajstić information content (AvgIpc) is 3.24. The lowest BCUT2D eigenvalue weighted by molar-refractivity contribution is 0.301. The van der Waals surface area contributed by atoms with Gasteiger partial charge in [-0.2, -0.15) is 5.10 Å². The first-order valence-electron chi connectivity index (χ1n) is 8.57. The Labute approximate surface area is 131 Å². The third kappa shape index (κ3) is 2.58. The summed E-state index contributed by atoms with van der Waals surface area (Å²) in [5.74, 6) is 1.23. The molecule has 118 valence electrons. The largest absolute Gasteiger partial charge is 0.328 e. The van der Waals surface area contributed by atoms with E-state index in [1.165, 1.54) is 55.9 Å². The van der Waals surface area contributed by atoms with Crippen molar-refractivity contribution in [3.63, 3.8) is 0 Å². The molecule has 1 aliphatic heterocycles. The molecule has 2 aromatic rings. The fourth-order valence-electron chi connectivity index (χ4n) is 4.09. The van der Waals surface area contributed by atoms with E-state index in [4.69, 9.17) is 4.98 Å². The Morgan fingerprint density at radius 3 is 3.00 bits per heavy atom. The molecule has 1 saturated heterocycles. The number of hydrogen-bond donors (Lipinski definition) is 0. The predicted molar refractivity (Wildman–Crippen MR) is 85.9 cm³/mol. The van der Waals surface area contributed by atoms with E-state index in [1.807, 2.05) is 23.1 Å². The topological polar surface area (TPSA) is 38.9 Å². The Balaban J connectivity index is 1.43. The Bertz CT molecular complexity index is 628. The van der Waals surface area contributed by atoms with Gasteiger partial charge in [0.1, 0.15) is 5.82 Å². The summed E-state index contributed by atoms with van der Waals surface area (Å²) in [6.07, 6.45) is 10.2. The van der Waals surface area contributed by atoms with Gasteiger partial charge in [-0.05, 0) is 45.1 Å². The minimum Gasteiger partial charge on any atom is -0.328 e. The highest BCUT2D eigenvalue weighted by Crippen LogP contribution is 2.30. The molecule has 2 aliphatic rings. The standard InChI is InChI=1S/C17H25N5/c1-14-19-16-5-2-3-6-17(16)22(14)15-7-10-20(13-15)11-12-21-9-4-8-18-21/h4,8-9,15H,2-3,5-7,10-13H2,1H3/t15-/m0/s1. The van der Waals surface area contributed by atoms with Gasteiger partial charge in [-0.15, -0.1) is 0 Å². The molecule has 22 heavy (non-hydrogen) atoms. The van der Waals surface area contributed by atoms with Crippen molar-refractivity contribution >= 4 is 0 Å². The molecular formula is C17H25N5. The molecule has 4 rings (SSSR count). The second-order valence-corrected chi connectivity index (χ2v) is 6.64. The number of imidazole rings is 1. The third-order valence-electron chi connectivity index (χ3n) is 5.16. The van der Waals surface area contributed by atoms with Crippen LogP contribution >= 0.6 is 0 Å². The van der Waals surface area contributed by atoms with Crippen LogP contribution in [0.2, 0.25) is 0 Å². The molecule has 1 fully saturated rings. The fourth-order valence-corrected chi connectivity index (χ4v) is 4.09. The van der Waals surface area contributed by atoms with Crippen LogP contribution in [0.15, 0.2) is 18.5 Å². The van der Waals surface area contributed by atoms with Crippen LogP contribution in [0.1, 0.15) is 42.5 Å². The smallest absolute Gasteiger partial charge is 0.106 e. The van der Waals surface area contributed by atoms with Crippen LogP contribution in [0.3, 0.4) is 0 Å². The number of rotatable bonds is 4. The Hall–Kier alpha value is -1.62. The zero-order chi connectivity index (χ0) is 14.9. The van der Waals surface area contributed by atoms with Crippen LogP contribution in [0.4, 0.5) is 0 Å². The van der Waals surface area contributed by atoms with E-state index in [2.05, 4.69) is 21.5 Å². The molecule has 3 heterocycles. The minimum atomic E-state index is 0.618. The van der Waals surface area contributed by atoms with Crippen molar-refractivity contribution in [3.05, 3.63) is 35.7 Å². The van der Waals surface area contributed by atoms with Crippen LogP contribution in [-0.4, -0.2) is 43.9 Å². The number of fused-ring (bicyclic) bond motifs is 1. The zero-order valence-corrected chi connectivity index (χ0v) is 13.4. The van der Waals surface area contributed by atoms with Gasteiger partial charge in [0.2, 0.25) is 0 Å². The highest BCUT2D eigenvalue weighted by atomic mass is 15.3. The molecule has 5 heteroatoms. The zero-order valence-electron chi connectivity index (χ0n) is 13.4. The molecule has 0 aromatic carbocycles. The second kappa shape index (κ2) is 5.88. The van der Waals surface area contributed by atoms with E-state index in [0.717, 1.165) is 19.6 Å². The predicted octanol–water partition coefficient (Wildman–Crippen LogP) is 2.21. The van der Waals surface area contributed by atoms with Gasteiger partial charge in [0.15, 0.2) is 0 Å². The summed E-state index contributed by atoms with van der Waals surface area (Å²) >= 11 is 0. The average molecular weight is 299 g/mol. The van der Waals surface area contributed by atoms with Crippen LogP contribution in [0.25, 0.3) is 0 Å². The number of nitrogens with zero attached hydrogens (tertiary/aromatic N) is 5. The maximum Gasteiger partial charge on any atom is 0.106 e. The molecule has 2 aromatic heterocycles. The molecule has 0 N–H and O–H groups in total. The van der Waals surface area contributed by atoms with Crippen molar-refractivity contribution < 1.29 is 0 Å². The van der Waals surface area contributed by atoms with Gasteiger partial charge in [0, 0.05) is 43.8 Å². The summed E-state index contributed by atoms with van der Waals surface area (Å²) in [6, 6.07) is 2.61. The number of aryl methyl sites for hydroxylation is 2. The van der Waals surface area contributed by atoms with Gasteiger partial charge >= 0.3 is 0 Å². The van der Waals surface area contributed by atoms with Gasteiger partial charge in [-0.25, -0.2) is 4.98 Å². The summed E-state index contributed by atoms with van der Waals surface area (Å²) in [4.78, 5) is 7.41. The van der Waals surface area contributed by atoms with Gasteiger partial charge in [-0.1, -0.05) is 0 Å². The van der Waals surface area contributed by atoms with Crippen molar-refractivity contribution in [3.8, 4) is 0 Å². The van der Waals surface area contributed by atoms with E-state index in [9.17, 15) is 0 Å². The van der Waals surface area contributed by atoms with E-state index >= 15 is 0 Å². The van der Waals surface area contributed by atoms with Crippen molar-refractivity contribution in [2.24, 2.45) is 0 Å². The minimum absolute atomic E-state index is 0.618. The lowest BCUT2D eigenvalue weighted by Gasteiger charge is -2.21. The van der Waals surface area contributed by atoms with Gasteiger partial charge in [-0.3, -0.25) is 9.58 Å². The van der Waals surface area contributed by atoms with E-state index < -0.39 is 0 Å². The normalized spacial score (nSPS) is 22.1. The number of hydrogen-bond acceptors (Lipinski definition) is 3. The maximum absolute atomic E-state index is 4.84. The Morgan fingerprint density at radius 1 is 1.23 bits per heavy atom. The van der Waals surface area contributed by atoms with Crippen molar-refractivity contribution in [2.75, 3.05) is 19.6 Å². The lowest BCUT2D eigenvalue weighted by Crippen LogP contribution is -2.26. The number of aromatic nitrogens is 4. The Kier molecular flexibility index (Phi) is 3.74. The van der Waals surface area contributed by atoms with Gasteiger partial charge < -0.3 is 4.57 Å². The molecule has 1 atom stereocenters. The first kappa shape index (κ1) is 14.0. The van der Waals surface area contributed by atoms with Crippen molar-refractivity contribution in [1.82, 2.24) is 24.2 Å². The van der Waals surface area contributed by atoms with Crippen molar-refractivity contribution in [2.45, 2.75) is 51.6 Å². The monoisotopic (exact) mass is 299 g/mol. The van der Waals surface area contributed by atoms with Crippen LogP contribution < -0.4 is 0 Å². The molecule has 0 saturated carbocycles. The molecule has 5 nitrogen and oxygen atoms in total. The van der Waals surface area contributed by atoms with Crippen molar-refractivity contribution in [1.29, 1.82) is 0 Å². The molecule has 0 unspecified atom stereocenters. The molecular weight excluding hydrogens is 274 g/mol. The SMILES string of the molecule is Cc1nc2c(n1[C@H]1CCN(CCn3cccn3)C1)CCCC2. The molecule has 0 spiro atoms. The summed E-state index contributed by atoms with van der Waals surface area (Å²) in [5.41, 5.74) is 2.90. The highest BCUT2D eigenvalue weighted by molar-refractivity contribution is 5.21. The molecule has 0 amide bonds. The quantitative estimate of drug-likeness (QED) is 0.869. The summed E-state index contributed by atoms with van der Waals surface area (Å²) in [5, 5.41) is 4.29. The summed E-state index contributed by atoms with van der Waals surface area (Å²) in [7, 11) is 0. The van der Waals surface area contributed by atoms with Crippen LogP contribution in [0, 0.1) is 6.92 Å².